The molecule has 382 valence electrons. The lowest BCUT2D eigenvalue weighted by atomic mass is 9.80. The van der Waals surface area contributed by atoms with Crippen molar-refractivity contribution < 1.29 is 27.2 Å². The van der Waals surface area contributed by atoms with Crippen LogP contribution in [0.15, 0.2) is 66.7 Å². The van der Waals surface area contributed by atoms with Crippen molar-refractivity contribution in [3.63, 3.8) is 0 Å². The van der Waals surface area contributed by atoms with Crippen molar-refractivity contribution in [1.29, 1.82) is 0 Å². The van der Waals surface area contributed by atoms with Gasteiger partial charge in [0.2, 0.25) is 11.8 Å². The van der Waals surface area contributed by atoms with E-state index in [0.29, 0.717) is 66.3 Å². The second-order valence-electron chi connectivity index (χ2n) is 22.4. The number of H-pyrrole nitrogens is 2. The number of hydrogen-bond acceptors (Lipinski definition) is 6. The molecule has 73 heavy (non-hydrogen) atoms. The number of fused-ring (bicyclic) bond motifs is 2. The van der Waals surface area contributed by atoms with E-state index in [1.807, 2.05) is 59.6 Å². The molecule has 2 saturated carbocycles. The highest BCUT2D eigenvalue weighted by Gasteiger charge is 2.52. The number of nitrogens with one attached hydrogen (secondary N) is 2. The number of halogens is 4. The summed E-state index contributed by atoms with van der Waals surface area (Å²) in [6, 6.07) is 17.8. The summed E-state index contributed by atoms with van der Waals surface area (Å²) in [5.74, 6) is -0.856. The van der Waals surface area contributed by atoms with Gasteiger partial charge in [0.05, 0.1) is 58.6 Å². The fraction of sp³-hybridized carbons (Fsp3) is 0.492. The molecule has 6 fully saturated rings. The minimum atomic E-state index is -1.28. The molecule has 12 rings (SSSR count). The van der Waals surface area contributed by atoms with Gasteiger partial charge >= 0.3 is 0 Å². The molecule has 2 N–H and O–H groups in total. The van der Waals surface area contributed by atoms with Crippen LogP contribution in [0.2, 0.25) is 0 Å². The van der Waals surface area contributed by atoms with E-state index < -0.39 is 34.8 Å². The zero-order valence-electron chi connectivity index (χ0n) is 42.0. The molecule has 4 aliphatic heterocycles. The Hall–Kier alpha value is -5.92. The highest BCUT2D eigenvalue weighted by Crippen LogP contribution is 2.56. The molecular weight excluding hydrogens is 929 g/mol. The van der Waals surface area contributed by atoms with E-state index in [9.17, 15) is 9.59 Å². The summed E-state index contributed by atoms with van der Waals surface area (Å²) < 4.78 is 68.3. The third kappa shape index (κ3) is 8.75. The molecule has 6 aromatic rings. The first-order valence-corrected chi connectivity index (χ1v) is 27.2. The quantitative estimate of drug-likeness (QED) is 0.125. The largest absolute Gasteiger partial charge is 0.367 e. The molecule has 2 aromatic heterocycles. The lowest BCUT2D eigenvalue weighted by Gasteiger charge is -2.43. The molecule has 2 amide bonds. The van der Waals surface area contributed by atoms with Crippen LogP contribution < -0.4 is 9.80 Å². The van der Waals surface area contributed by atoms with Gasteiger partial charge in [-0.15, -0.1) is 0 Å². The fourth-order valence-electron chi connectivity index (χ4n) is 14.0. The normalized spacial score (nSPS) is 25.5. The summed E-state index contributed by atoms with van der Waals surface area (Å²) in [4.78, 5) is 51.3. The summed E-state index contributed by atoms with van der Waals surface area (Å²) in [6.07, 6.45) is 17.3. The molecule has 6 aliphatic rings. The number of carbonyl (C=O) groups is 2. The van der Waals surface area contributed by atoms with Crippen LogP contribution in [-0.2, 0) is 15.1 Å². The molecule has 5 atom stereocenters. The summed E-state index contributed by atoms with van der Waals surface area (Å²) in [5.41, 5.74) is 2.51. The van der Waals surface area contributed by atoms with Gasteiger partial charge in [-0.05, 0) is 143 Å². The maximum Gasteiger partial charge on any atom is 0.227 e. The van der Waals surface area contributed by atoms with Gasteiger partial charge in [0, 0.05) is 43.0 Å². The van der Waals surface area contributed by atoms with Crippen molar-refractivity contribution in [2.75, 3.05) is 36.0 Å². The smallest absolute Gasteiger partial charge is 0.227 e. The molecule has 4 saturated heterocycles. The molecule has 6 heterocycles. The zero-order chi connectivity index (χ0) is 50.1. The van der Waals surface area contributed by atoms with Crippen LogP contribution in [0.1, 0.15) is 163 Å². The Labute approximate surface area is 425 Å². The summed E-state index contributed by atoms with van der Waals surface area (Å²) in [5, 5.41) is 0. The third-order valence-electron chi connectivity index (χ3n) is 18.1. The fourth-order valence-corrected chi connectivity index (χ4v) is 14.0. The maximum absolute atomic E-state index is 17.3. The highest BCUT2D eigenvalue weighted by atomic mass is 19.1. The molecule has 0 bridgehead atoms. The first-order chi connectivity index (χ1) is 35.4. The van der Waals surface area contributed by atoms with Crippen molar-refractivity contribution >= 4 is 45.3 Å². The summed E-state index contributed by atoms with van der Waals surface area (Å²) in [7, 11) is 0. The van der Waals surface area contributed by atoms with E-state index in [1.165, 1.54) is 29.8 Å². The standard InChI is InChI=1S/C59H66F4N8O2/c1-35-26-53(41-31-47-49(33-43(41)60)66-57(64-47)51-18-10-22-69(51)54(72)27-36-12-6-7-13-36)71(40-29-45(62)56(46(63)30-40)68-24-20-39(21-25-68)38-16-4-3-5-17-38)59(35,2)42-32-48-50(34-44(42)61)67-58(65-48)52-19-11-23-70(52)55(73)28-37-14-8-9-15-37/h3-5,16-17,27-37,39,51-53H,6-15,18-26H2,1-2H3,(H,64,66)(H,65,67)/t35?,51?,52?,53-,59+/m1/s1. The number of nitrogens with zero attached hydrogens (tertiary/aromatic N) is 6. The number of aromatic amines is 2. The Bertz CT molecular complexity index is 3010. The second-order valence-corrected chi connectivity index (χ2v) is 22.4. The molecule has 14 heteroatoms. The number of anilines is 2. The van der Waals surface area contributed by atoms with Gasteiger partial charge in [-0.1, -0.05) is 62.9 Å². The Morgan fingerprint density at radius 3 is 1.71 bits per heavy atom. The number of piperidine rings is 1. The Morgan fingerprint density at radius 1 is 0.616 bits per heavy atom. The number of imidazole rings is 2. The number of rotatable bonds is 11. The number of carbonyl (C=O) groups excluding carboxylic acids is 2. The van der Waals surface area contributed by atoms with Crippen molar-refractivity contribution in [3.05, 3.63) is 131 Å². The van der Waals surface area contributed by atoms with Crippen LogP contribution in [0.3, 0.4) is 0 Å². The van der Waals surface area contributed by atoms with E-state index in [1.54, 1.807) is 17.0 Å². The van der Waals surface area contributed by atoms with Crippen molar-refractivity contribution in [1.82, 2.24) is 29.7 Å². The van der Waals surface area contributed by atoms with E-state index in [0.717, 1.165) is 89.9 Å². The Kier molecular flexibility index (Phi) is 12.8. The lowest BCUT2D eigenvalue weighted by Crippen LogP contribution is -2.44. The van der Waals surface area contributed by atoms with Crippen molar-refractivity contribution in [2.45, 2.75) is 140 Å². The number of amides is 2. The van der Waals surface area contributed by atoms with Gasteiger partial charge < -0.3 is 29.6 Å². The van der Waals surface area contributed by atoms with E-state index in [-0.39, 0.29) is 70.1 Å². The molecule has 2 aliphatic carbocycles. The van der Waals surface area contributed by atoms with Crippen molar-refractivity contribution in [2.24, 2.45) is 17.8 Å². The monoisotopic (exact) mass is 995 g/mol. The predicted octanol–water partition coefficient (Wildman–Crippen LogP) is 13.0. The van der Waals surface area contributed by atoms with Gasteiger partial charge in [0.15, 0.2) is 11.6 Å². The average Bonchev–Trinajstić information content (AvgIpc) is 4.25. The molecule has 10 nitrogen and oxygen atoms in total. The van der Waals surface area contributed by atoms with E-state index in [2.05, 4.69) is 22.1 Å². The second kappa shape index (κ2) is 19.4. The third-order valence-corrected chi connectivity index (χ3v) is 18.1. The summed E-state index contributed by atoms with van der Waals surface area (Å²) >= 11 is 0. The Balaban J connectivity index is 0.904. The van der Waals surface area contributed by atoms with Gasteiger partial charge in [-0.2, -0.15) is 0 Å². The highest BCUT2D eigenvalue weighted by molar-refractivity contribution is 5.87. The lowest BCUT2D eigenvalue weighted by molar-refractivity contribution is -0.130. The summed E-state index contributed by atoms with van der Waals surface area (Å²) in [6.45, 7) is 6.03. The molecule has 3 unspecified atom stereocenters. The Morgan fingerprint density at radius 2 is 1.15 bits per heavy atom. The first-order valence-electron chi connectivity index (χ1n) is 27.2. The van der Waals surface area contributed by atoms with Crippen LogP contribution in [0, 0.1) is 53.9 Å². The van der Waals surface area contributed by atoms with Crippen LogP contribution in [-0.4, -0.2) is 67.7 Å². The number of likely N-dealkylation sites (tertiary alicyclic amines) is 2. The zero-order valence-corrected chi connectivity index (χ0v) is 42.0. The number of aromatic nitrogens is 4. The minimum absolute atomic E-state index is 0.0122. The topological polar surface area (TPSA) is 104 Å². The van der Waals surface area contributed by atoms with Gasteiger partial charge in [0.25, 0.3) is 0 Å². The molecule has 2 radical (unpaired) electrons. The van der Waals surface area contributed by atoms with E-state index >= 15 is 17.6 Å². The van der Waals surface area contributed by atoms with Crippen LogP contribution in [0.5, 0.6) is 0 Å². The first kappa shape index (κ1) is 48.0. The number of benzene rings is 4. The van der Waals surface area contributed by atoms with Crippen molar-refractivity contribution in [3.8, 4) is 0 Å². The van der Waals surface area contributed by atoms with Gasteiger partial charge in [-0.3, -0.25) is 9.59 Å². The maximum atomic E-state index is 17.3. The average molecular weight is 995 g/mol. The molecule has 0 spiro atoms. The molecule has 4 aromatic carbocycles. The van der Waals surface area contributed by atoms with Gasteiger partial charge in [0.1, 0.15) is 29.0 Å². The van der Waals surface area contributed by atoms with Gasteiger partial charge in [-0.25, -0.2) is 27.5 Å². The predicted molar refractivity (Wildman–Crippen MR) is 275 cm³/mol. The molecular formula is C59H66F4N8O2. The van der Waals surface area contributed by atoms with Crippen LogP contribution in [0.4, 0.5) is 28.9 Å². The van der Waals surface area contributed by atoms with Crippen LogP contribution in [0.25, 0.3) is 22.1 Å². The SMILES string of the molecule is CC1C[C@H](c2cc3nc(C4CCCN4C(=O)[CH]C4CCCC4)[nH]c3cc2F)N(c2cc(F)c(N3CCC(c4ccccc4)CC3)c(F)c2)[C@]1(C)c1cc2nc(C3CCCN3C(=O)[CH]C3CCCC3)[nH]c2cc1F. The van der Waals surface area contributed by atoms with Crippen LogP contribution >= 0.6 is 0 Å². The number of hydrogen-bond donors (Lipinski definition) is 2. The van der Waals surface area contributed by atoms with E-state index in [4.69, 9.17) is 9.97 Å². The minimum Gasteiger partial charge on any atom is -0.367 e.